The van der Waals surface area contributed by atoms with Crippen LogP contribution in [0.5, 0.6) is 0 Å². The fraction of sp³-hybridized carbons (Fsp3) is 0.723. The molecular formula is C47H83N15O14S. The molecule has 1 aliphatic heterocycles. The Morgan fingerprint density at radius 2 is 1.16 bits per heavy atom. The minimum absolute atomic E-state index is 0.0380. The third-order valence-electron chi connectivity index (χ3n) is 11.8. The number of nitrogens with one attached hydrogen (secondary N) is 8. The first-order valence-corrected chi connectivity index (χ1v) is 27.0. The van der Waals surface area contributed by atoms with Gasteiger partial charge < -0.3 is 86.3 Å². The second kappa shape index (κ2) is 36.3. The van der Waals surface area contributed by atoms with Gasteiger partial charge in [-0.25, -0.2) is 4.79 Å². The van der Waals surface area contributed by atoms with Gasteiger partial charge in [-0.3, -0.25) is 57.7 Å². The molecule has 30 heteroatoms. The van der Waals surface area contributed by atoms with Crippen molar-refractivity contribution in [2.45, 2.75) is 160 Å². The topological polar surface area (TPSA) is 487 Å². The summed E-state index contributed by atoms with van der Waals surface area (Å²) in [6.45, 7) is 6.36. The molecule has 0 spiro atoms. The first-order valence-electron chi connectivity index (χ1n) is 25.6. The number of likely N-dealkylation sites (tertiary alicyclic amines) is 1. The minimum Gasteiger partial charge on any atom is -0.481 e. The summed E-state index contributed by atoms with van der Waals surface area (Å²) in [6, 6.07) is -10.3. The zero-order valence-corrected chi connectivity index (χ0v) is 45.5. The molecule has 1 saturated heterocycles. The van der Waals surface area contributed by atoms with E-state index in [0.717, 1.165) is 0 Å². The highest BCUT2D eigenvalue weighted by atomic mass is 32.2. The number of amides is 10. The Balaban J connectivity index is 3.27. The van der Waals surface area contributed by atoms with Gasteiger partial charge in [0.25, 0.3) is 0 Å². The highest BCUT2D eigenvalue weighted by Gasteiger charge is 2.38. The van der Waals surface area contributed by atoms with E-state index in [1.54, 1.807) is 34.0 Å². The van der Waals surface area contributed by atoms with Crippen molar-refractivity contribution in [3.8, 4) is 0 Å². The van der Waals surface area contributed by atoms with Gasteiger partial charge in [-0.2, -0.15) is 11.8 Å². The van der Waals surface area contributed by atoms with Gasteiger partial charge in [0, 0.05) is 19.5 Å². The van der Waals surface area contributed by atoms with Crippen LogP contribution in [-0.2, 0) is 57.5 Å². The number of thioether (sulfide) groups is 1. The summed E-state index contributed by atoms with van der Waals surface area (Å²) in [6.07, 6.45) is 2.29. The number of guanidine groups is 1. The molecule has 0 saturated carbocycles. The highest BCUT2D eigenvalue weighted by Crippen LogP contribution is 2.19. The van der Waals surface area contributed by atoms with Crippen LogP contribution in [0.2, 0.25) is 0 Å². The maximum atomic E-state index is 14.2. The number of unbranched alkanes of at least 4 members (excludes halogenated alkanes) is 1. The molecule has 0 bridgehead atoms. The van der Waals surface area contributed by atoms with E-state index in [4.69, 9.17) is 28.7 Å². The summed E-state index contributed by atoms with van der Waals surface area (Å²) >= 11 is 1.38. The average molecular weight is 1110 g/mol. The molecule has 0 aliphatic carbocycles. The summed E-state index contributed by atoms with van der Waals surface area (Å²) < 4.78 is 0. The van der Waals surface area contributed by atoms with Crippen LogP contribution >= 0.6 is 11.8 Å². The molecule has 436 valence electrons. The number of rotatable bonds is 38. The molecule has 1 heterocycles. The van der Waals surface area contributed by atoms with Crippen LogP contribution in [0.15, 0.2) is 4.99 Å². The zero-order chi connectivity index (χ0) is 58.4. The zero-order valence-electron chi connectivity index (χ0n) is 44.7. The molecule has 0 aromatic heterocycles. The van der Waals surface area contributed by atoms with Crippen molar-refractivity contribution < 1.29 is 67.7 Å². The van der Waals surface area contributed by atoms with Crippen molar-refractivity contribution in [3.63, 3.8) is 0 Å². The smallest absolute Gasteiger partial charge is 0.326 e. The van der Waals surface area contributed by atoms with E-state index in [1.165, 1.54) is 16.7 Å². The van der Waals surface area contributed by atoms with Crippen molar-refractivity contribution in [2.24, 2.45) is 45.5 Å². The fourth-order valence-corrected chi connectivity index (χ4v) is 8.38. The first-order chi connectivity index (χ1) is 36.2. The van der Waals surface area contributed by atoms with Crippen molar-refractivity contribution in [2.75, 3.05) is 44.7 Å². The largest absolute Gasteiger partial charge is 0.481 e. The maximum Gasteiger partial charge on any atom is 0.326 e. The number of aliphatic imine (C=N–C) groups is 1. The standard InChI is InChI=1S/C47H83N15O14S/c1-25(2)20-32(60-43(72)29(13-14-38(66)67)57-39(68)27(49)22-35(50)63)41(70)55-24-37(65)62-18-9-12-34(62)45(74)59-28(11-8-17-53-47(51)52)42(71)61-33(21-26(3)4)44(73)58-30(15-19-77-5)40(69)54-23-36(64)56-31(46(75)76)10-6-7-16-48/h25-34H,6-24,48-49H2,1-5H3,(H2,50,63)(H,54,69)(H,55,70)(H,56,64)(H,57,68)(H,58,73)(H,59,74)(H,60,72)(H,61,71)(H,66,67)(H,75,76)(H4,51,52,53)/t27-,28-,29-,30-,31-,32-,33-,34-/m0/s1. The van der Waals surface area contributed by atoms with E-state index in [2.05, 4.69) is 47.5 Å². The molecule has 77 heavy (non-hydrogen) atoms. The van der Waals surface area contributed by atoms with Crippen LogP contribution in [0.1, 0.15) is 111 Å². The Kier molecular flexibility index (Phi) is 32.1. The second-order valence-electron chi connectivity index (χ2n) is 19.4. The summed E-state index contributed by atoms with van der Waals surface area (Å²) in [5, 5.41) is 38.9. The lowest BCUT2D eigenvalue weighted by Crippen LogP contribution is -2.59. The third kappa shape index (κ3) is 27.7. The van der Waals surface area contributed by atoms with Crippen LogP contribution in [0.3, 0.4) is 0 Å². The van der Waals surface area contributed by atoms with E-state index in [1.807, 2.05) is 0 Å². The number of hydrogen-bond donors (Lipinski definition) is 15. The van der Waals surface area contributed by atoms with Crippen molar-refractivity contribution in [3.05, 3.63) is 0 Å². The van der Waals surface area contributed by atoms with E-state index in [0.29, 0.717) is 31.6 Å². The van der Waals surface area contributed by atoms with Crippen molar-refractivity contribution in [1.82, 2.24) is 47.4 Å². The molecule has 0 aromatic rings. The SMILES string of the molecule is CSCC[C@H](NC(=O)[C@H](CC(C)C)NC(=O)[C@H](CCCN=C(N)N)NC(=O)[C@@H]1CCCN1C(=O)CNC(=O)[C@H](CC(C)C)NC(=O)[C@H](CCC(=O)O)NC(=O)[C@@H](N)CC(N)=O)C(=O)NCC(=O)N[C@@H](CCCCN)C(=O)O. The maximum absolute atomic E-state index is 14.2. The molecule has 0 aromatic carbocycles. The Morgan fingerprint density at radius 3 is 1.70 bits per heavy atom. The Bertz CT molecular complexity index is 2060. The normalized spacial score (nSPS) is 15.8. The van der Waals surface area contributed by atoms with E-state index in [-0.39, 0.29) is 75.8 Å². The molecular weight excluding hydrogens is 1030 g/mol. The second-order valence-corrected chi connectivity index (χ2v) is 20.4. The molecule has 29 nitrogen and oxygen atoms in total. The lowest BCUT2D eigenvalue weighted by atomic mass is 10.0. The Hall–Kier alpha value is -6.82. The van der Waals surface area contributed by atoms with E-state index >= 15 is 0 Å². The number of primary amides is 1. The van der Waals surface area contributed by atoms with Crippen LogP contribution < -0.4 is 71.2 Å². The summed E-state index contributed by atoms with van der Waals surface area (Å²) in [5.41, 5.74) is 27.3. The molecule has 10 amide bonds. The molecule has 8 atom stereocenters. The number of carbonyl (C=O) groups is 12. The molecule has 0 radical (unpaired) electrons. The molecule has 1 rings (SSSR count). The van der Waals surface area contributed by atoms with Crippen molar-refractivity contribution in [1.29, 1.82) is 0 Å². The minimum atomic E-state index is -1.49. The highest BCUT2D eigenvalue weighted by molar-refractivity contribution is 7.98. The fourth-order valence-electron chi connectivity index (χ4n) is 7.90. The molecule has 1 fully saturated rings. The quantitative estimate of drug-likeness (QED) is 0.0157. The van der Waals surface area contributed by atoms with Crippen LogP contribution in [-0.4, -0.2) is 185 Å². The number of carbonyl (C=O) groups excluding carboxylic acids is 10. The van der Waals surface area contributed by atoms with Crippen LogP contribution in [0.4, 0.5) is 0 Å². The van der Waals surface area contributed by atoms with Gasteiger partial charge in [-0.05, 0) is 101 Å². The number of nitrogens with two attached hydrogens (primary N) is 5. The summed E-state index contributed by atoms with van der Waals surface area (Å²) in [5.74, 6) is -10.8. The number of aliphatic carboxylic acids is 2. The van der Waals surface area contributed by atoms with Gasteiger partial charge in [-0.15, -0.1) is 0 Å². The first kappa shape index (κ1) is 68.2. The van der Waals surface area contributed by atoms with Gasteiger partial charge in [-0.1, -0.05) is 27.7 Å². The van der Waals surface area contributed by atoms with Gasteiger partial charge in [0.1, 0.15) is 42.3 Å². The van der Waals surface area contributed by atoms with Crippen LogP contribution in [0, 0.1) is 11.8 Å². The van der Waals surface area contributed by atoms with Crippen molar-refractivity contribution >= 4 is 88.7 Å². The lowest BCUT2D eigenvalue weighted by Gasteiger charge is -2.29. The molecule has 0 unspecified atom stereocenters. The van der Waals surface area contributed by atoms with Gasteiger partial charge in [0.15, 0.2) is 5.96 Å². The number of carboxylic acids is 2. The third-order valence-corrected chi connectivity index (χ3v) is 12.5. The number of carboxylic acid groups (broad SMARTS) is 2. The van der Waals surface area contributed by atoms with E-state index in [9.17, 15) is 67.7 Å². The van der Waals surface area contributed by atoms with Gasteiger partial charge in [0.2, 0.25) is 59.1 Å². The Morgan fingerprint density at radius 1 is 0.636 bits per heavy atom. The predicted molar refractivity (Wildman–Crippen MR) is 283 cm³/mol. The van der Waals surface area contributed by atoms with Gasteiger partial charge in [0.05, 0.1) is 25.6 Å². The number of nitrogens with zero attached hydrogens (tertiary/aromatic N) is 2. The lowest BCUT2D eigenvalue weighted by molar-refractivity contribution is -0.142. The monoisotopic (exact) mass is 1110 g/mol. The molecule has 1 aliphatic rings. The molecule has 20 N–H and O–H groups in total. The number of hydrogen-bond acceptors (Lipinski definition) is 16. The summed E-state index contributed by atoms with van der Waals surface area (Å²) in [7, 11) is 0. The average Bonchev–Trinajstić information content (AvgIpc) is 3.85. The Labute approximate surface area is 452 Å². The van der Waals surface area contributed by atoms with E-state index < -0.39 is 152 Å². The summed E-state index contributed by atoms with van der Waals surface area (Å²) in [4.78, 5) is 161. The predicted octanol–water partition coefficient (Wildman–Crippen LogP) is -4.70. The van der Waals surface area contributed by atoms with Gasteiger partial charge >= 0.3 is 11.9 Å². The van der Waals surface area contributed by atoms with Crippen LogP contribution in [0.25, 0.3) is 0 Å².